The van der Waals surface area contributed by atoms with Crippen LogP contribution >= 0.6 is 0 Å². The Morgan fingerprint density at radius 3 is 2.78 bits per heavy atom. The van der Waals surface area contributed by atoms with E-state index in [1.54, 1.807) is 12.1 Å². The van der Waals surface area contributed by atoms with Gasteiger partial charge < -0.3 is 20.6 Å². The Kier molecular flexibility index (Phi) is 6.43. The Bertz CT molecular complexity index is 661. The summed E-state index contributed by atoms with van der Waals surface area (Å²) in [6.45, 7) is 12.9. The fourth-order valence-corrected chi connectivity index (χ4v) is 4.19. The average Bonchev–Trinajstić information content (AvgIpc) is 2.63. The first-order valence-corrected chi connectivity index (χ1v) is 10.4. The van der Waals surface area contributed by atoms with Crippen molar-refractivity contribution in [2.45, 2.75) is 59.2 Å². The predicted octanol–water partition coefficient (Wildman–Crippen LogP) is 2.53. The van der Waals surface area contributed by atoms with Crippen molar-refractivity contribution in [3.05, 3.63) is 29.3 Å². The van der Waals surface area contributed by atoms with Gasteiger partial charge in [0.2, 0.25) is 5.91 Å². The van der Waals surface area contributed by atoms with E-state index in [0.29, 0.717) is 18.9 Å². The molecule has 0 aliphatic carbocycles. The summed E-state index contributed by atoms with van der Waals surface area (Å²) in [5, 5.41) is 16.3. The highest BCUT2D eigenvalue weighted by Gasteiger charge is 2.29. The van der Waals surface area contributed by atoms with Crippen LogP contribution in [0, 0.1) is 17.8 Å². The third-order valence-electron chi connectivity index (χ3n) is 6.47. The second kappa shape index (κ2) is 8.61. The lowest BCUT2D eigenvalue weighted by molar-refractivity contribution is -0.124. The predicted molar refractivity (Wildman–Crippen MR) is 109 cm³/mol. The first kappa shape index (κ1) is 20.2. The van der Waals surface area contributed by atoms with E-state index in [1.807, 2.05) is 6.07 Å². The first-order valence-electron chi connectivity index (χ1n) is 10.4. The normalized spacial score (nSPS) is 27.2. The monoisotopic (exact) mass is 373 g/mol. The number of hydrogen-bond acceptors (Lipinski definition) is 4. The number of benzene rings is 1. The van der Waals surface area contributed by atoms with E-state index in [2.05, 4.69) is 43.2 Å². The van der Waals surface area contributed by atoms with Gasteiger partial charge in [-0.25, -0.2) is 0 Å². The lowest BCUT2D eigenvalue weighted by Crippen LogP contribution is -2.55. The first-order chi connectivity index (χ1) is 12.8. The molecule has 4 atom stereocenters. The lowest BCUT2D eigenvalue weighted by Gasteiger charge is -2.38. The van der Waals surface area contributed by atoms with Gasteiger partial charge in [-0.15, -0.1) is 0 Å². The van der Waals surface area contributed by atoms with Crippen molar-refractivity contribution in [2.75, 3.05) is 19.6 Å². The van der Waals surface area contributed by atoms with E-state index in [9.17, 15) is 9.90 Å². The summed E-state index contributed by atoms with van der Waals surface area (Å²) in [6, 6.07) is 5.38. The standard InChI is InChI=1S/C22H35N3O2/c1-14(2)21(13-25-8-7-15(3)16(4)12-25)24-22(27)20-10-17-5-6-19(26)9-18(17)11-23-20/h5-6,9,14-16,20-21,23,26H,7-8,10-13H2,1-4H3,(H,24,27)/t15-,16-,20-,21?/m1/s1. The van der Waals surface area contributed by atoms with Crippen LogP contribution in [0.4, 0.5) is 0 Å². The second-order valence-electron chi connectivity index (χ2n) is 8.95. The molecule has 27 heavy (non-hydrogen) atoms. The Morgan fingerprint density at radius 2 is 2.07 bits per heavy atom. The van der Waals surface area contributed by atoms with Gasteiger partial charge in [-0.3, -0.25) is 4.79 Å². The molecule has 0 saturated carbocycles. The zero-order valence-electron chi connectivity index (χ0n) is 17.2. The van der Waals surface area contributed by atoms with Gasteiger partial charge in [0.1, 0.15) is 5.75 Å². The van der Waals surface area contributed by atoms with Gasteiger partial charge in [0.15, 0.2) is 0 Å². The molecule has 1 amide bonds. The number of hydrogen-bond donors (Lipinski definition) is 3. The molecule has 2 heterocycles. The van der Waals surface area contributed by atoms with E-state index >= 15 is 0 Å². The smallest absolute Gasteiger partial charge is 0.237 e. The molecular formula is C22H35N3O2. The van der Waals surface area contributed by atoms with Crippen LogP contribution < -0.4 is 10.6 Å². The molecule has 1 aromatic carbocycles. The third-order valence-corrected chi connectivity index (χ3v) is 6.47. The van der Waals surface area contributed by atoms with Crippen molar-refractivity contribution in [2.24, 2.45) is 17.8 Å². The summed E-state index contributed by atoms with van der Waals surface area (Å²) in [6.07, 6.45) is 1.91. The summed E-state index contributed by atoms with van der Waals surface area (Å²) in [7, 11) is 0. The molecule has 2 aliphatic heterocycles. The number of aromatic hydroxyl groups is 1. The number of phenols is 1. The number of piperidine rings is 1. The maximum absolute atomic E-state index is 12.9. The van der Waals surface area contributed by atoms with Crippen molar-refractivity contribution < 1.29 is 9.90 Å². The van der Waals surface area contributed by atoms with E-state index < -0.39 is 0 Å². The van der Waals surface area contributed by atoms with Crippen molar-refractivity contribution in [1.29, 1.82) is 0 Å². The maximum atomic E-state index is 12.9. The highest BCUT2D eigenvalue weighted by molar-refractivity contribution is 5.82. The van der Waals surface area contributed by atoms with Crippen LogP contribution in [0.15, 0.2) is 18.2 Å². The highest BCUT2D eigenvalue weighted by atomic mass is 16.3. The lowest BCUT2D eigenvalue weighted by atomic mass is 9.88. The van der Waals surface area contributed by atoms with Gasteiger partial charge in [-0.05, 0) is 60.4 Å². The van der Waals surface area contributed by atoms with Crippen LogP contribution in [0.5, 0.6) is 5.75 Å². The van der Waals surface area contributed by atoms with Gasteiger partial charge in [-0.1, -0.05) is 33.8 Å². The number of carbonyl (C=O) groups is 1. The average molecular weight is 374 g/mol. The topological polar surface area (TPSA) is 64.6 Å². The molecule has 0 radical (unpaired) electrons. The molecule has 2 aliphatic rings. The minimum Gasteiger partial charge on any atom is -0.508 e. The van der Waals surface area contributed by atoms with Gasteiger partial charge in [0.05, 0.1) is 6.04 Å². The number of amides is 1. The highest BCUT2D eigenvalue weighted by Crippen LogP contribution is 2.24. The van der Waals surface area contributed by atoms with Gasteiger partial charge >= 0.3 is 0 Å². The molecule has 1 fully saturated rings. The summed E-state index contributed by atoms with van der Waals surface area (Å²) in [5.74, 6) is 2.28. The number of rotatable bonds is 5. The zero-order chi connectivity index (χ0) is 19.6. The fraction of sp³-hybridized carbons (Fsp3) is 0.682. The maximum Gasteiger partial charge on any atom is 0.237 e. The Morgan fingerprint density at radius 1 is 1.30 bits per heavy atom. The minimum atomic E-state index is -0.205. The summed E-state index contributed by atoms with van der Waals surface area (Å²) in [4.78, 5) is 15.4. The number of nitrogens with zero attached hydrogens (tertiary/aromatic N) is 1. The number of phenolic OH excluding ortho intramolecular Hbond substituents is 1. The van der Waals surface area contributed by atoms with E-state index in [1.165, 1.54) is 6.42 Å². The molecule has 1 aromatic rings. The largest absolute Gasteiger partial charge is 0.508 e. The molecule has 0 bridgehead atoms. The van der Waals surface area contributed by atoms with Crippen LogP contribution in [0.25, 0.3) is 0 Å². The van der Waals surface area contributed by atoms with Crippen molar-refractivity contribution >= 4 is 5.91 Å². The van der Waals surface area contributed by atoms with Crippen LogP contribution in [0.1, 0.15) is 45.2 Å². The molecule has 150 valence electrons. The summed E-state index contributed by atoms with van der Waals surface area (Å²) >= 11 is 0. The summed E-state index contributed by atoms with van der Waals surface area (Å²) in [5.41, 5.74) is 2.22. The molecule has 3 N–H and O–H groups in total. The SMILES string of the molecule is CC(C)C(CN1CC[C@@H](C)[C@H](C)C1)NC(=O)[C@H]1Cc2ccc(O)cc2CN1. The van der Waals surface area contributed by atoms with E-state index in [4.69, 9.17) is 0 Å². The second-order valence-corrected chi connectivity index (χ2v) is 8.95. The zero-order valence-corrected chi connectivity index (χ0v) is 17.2. The molecule has 5 nitrogen and oxygen atoms in total. The van der Waals surface area contributed by atoms with Gasteiger partial charge in [-0.2, -0.15) is 0 Å². The van der Waals surface area contributed by atoms with E-state index in [-0.39, 0.29) is 23.7 Å². The van der Waals surface area contributed by atoms with Crippen molar-refractivity contribution in [3.63, 3.8) is 0 Å². The van der Waals surface area contributed by atoms with Gasteiger partial charge in [0.25, 0.3) is 0 Å². The molecule has 1 saturated heterocycles. The van der Waals surface area contributed by atoms with Crippen LogP contribution in [0.3, 0.4) is 0 Å². The molecule has 0 aromatic heterocycles. The Labute approximate surface area is 163 Å². The fourth-order valence-electron chi connectivity index (χ4n) is 4.19. The van der Waals surface area contributed by atoms with Crippen LogP contribution in [0.2, 0.25) is 0 Å². The van der Waals surface area contributed by atoms with Crippen molar-refractivity contribution in [1.82, 2.24) is 15.5 Å². The number of nitrogens with one attached hydrogen (secondary N) is 2. The molecule has 3 rings (SSSR count). The minimum absolute atomic E-state index is 0.0888. The Balaban J connectivity index is 1.58. The third kappa shape index (κ3) is 5.02. The molecule has 5 heteroatoms. The van der Waals surface area contributed by atoms with E-state index in [0.717, 1.165) is 42.6 Å². The number of fused-ring (bicyclic) bond motifs is 1. The summed E-state index contributed by atoms with van der Waals surface area (Å²) < 4.78 is 0. The quantitative estimate of drug-likeness (QED) is 0.742. The van der Waals surface area contributed by atoms with Crippen LogP contribution in [-0.4, -0.2) is 47.6 Å². The number of carbonyl (C=O) groups excluding carboxylic acids is 1. The molecule has 0 spiro atoms. The van der Waals surface area contributed by atoms with Crippen LogP contribution in [-0.2, 0) is 17.8 Å². The molecular weight excluding hydrogens is 338 g/mol. The van der Waals surface area contributed by atoms with Gasteiger partial charge in [0, 0.05) is 25.7 Å². The molecule has 1 unspecified atom stereocenters. The van der Waals surface area contributed by atoms with Crippen molar-refractivity contribution in [3.8, 4) is 5.75 Å². The number of likely N-dealkylation sites (tertiary alicyclic amines) is 1. The Hall–Kier alpha value is -1.59.